The van der Waals surface area contributed by atoms with Crippen molar-refractivity contribution >= 4 is 5.97 Å². The van der Waals surface area contributed by atoms with Gasteiger partial charge in [-0.3, -0.25) is 4.79 Å². The molecule has 0 aromatic heterocycles. The number of benzene rings is 1. The third-order valence-corrected chi connectivity index (χ3v) is 2.81. The second-order valence-electron chi connectivity index (χ2n) is 4.28. The minimum absolute atomic E-state index is 0.0806. The zero-order valence-electron chi connectivity index (χ0n) is 9.84. The molecule has 2 atom stereocenters. The summed E-state index contributed by atoms with van der Waals surface area (Å²) in [6.45, 7) is 0.416. The first kappa shape index (κ1) is 13.0. The first-order chi connectivity index (χ1) is 8.63. The van der Waals surface area contributed by atoms with Gasteiger partial charge in [0.2, 0.25) is 0 Å². The van der Waals surface area contributed by atoms with E-state index in [0.717, 1.165) is 5.56 Å². The molecule has 1 aliphatic rings. The Bertz CT molecular complexity index is 404. The van der Waals surface area contributed by atoms with Gasteiger partial charge >= 0.3 is 5.97 Å². The van der Waals surface area contributed by atoms with Gasteiger partial charge in [-0.15, -0.1) is 0 Å². The van der Waals surface area contributed by atoms with Crippen molar-refractivity contribution in [3.8, 4) is 0 Å². The number of rotatable bonds is 5. The summed E-state index contributed by atoms with van der Waals surface area (Å²) in [5, 5.41) is 8.57. The molecule has 5 heteroatoms. The van der Waals surface area contributed by atoms with Gasteiger partial charge in [-0.1, -0.05) is 12.1 Å². The number of ether oxygens (including phenoxy) is 2. The summed E-state index contributed by atoms with van der Waals surface area (Å²) >= 11 is 0. The van der Waals surface area contributed by atoms with Gasteiger partial charge in [0.05, 0.1) is 12.7 Å². The van der Waals surface area contributed by atoms with Crippen molar-refractivity contribution in [2.24, 2.45) is 0 Å². The van der Waals surface area contributed by atoms with Crippen LogP contribution in [0, 0.1) is 5.82 Å². The number of carboxylic acid groups (broad SMARTS) is 1. The van der Waals surface area contributed by atoms with Gasteiger partial charge < -0.3 is 14.6 Å². The normalized spacial score (nSPS) is 23.2. The molecule has 0 radical (unpaired) electrons. The predicted octanol–water partition coefficient (Wildman–Crippen LogP) is 1.97. The van der Waals surface area contributed by atoms with E-state index in [1.54, 1.807) is 12.1 Å². The molecular weight excluding hydrogens is 239 g/mol. The molecule has 2 unspecified atom stereocenters. The first-order valence-electron chi connectivity index (χ1n) is 5.87. The number of hydrogen-bond donors (Lipinski definition) is 1. The lowest BCUT2D eigenvalue weighted by atomic mass is 10.1. The summed E-state index contributed by atoms with van der Waals surface area (Å²) in [4.78, 5) is 10.4. The van der Waals surface area contributed by atoms with Crippen LogP contribution in [-0.2, 0) is 20.7 Å². The molecule has 1 fully saturated rings. The highest BCUT2D eigenvalue weighted by Crippen LogP contribution is 2.19. The number of carboxylic acids is 1. The van der Waals surface area contributed by atoms with Crippen LogP contribution in [0.3, 0.4) is 0 Å². The lowest BCUT2D eigenvalue weighted by Crippen LogP contribution is -2.15. The number of halogens is 1. The van der Waals surface area contributed by atoms with Crippen molar-refractivity contribution in [1.29, 1.82) is 0 Å². The van der Waals surface area contributed by atoms with E-state index < -0.39 is 5.97 Å². The number of hydrogen-bond acceptors (Lipinski definition) is 3. The molecule has 18 heavy (non-hydrogen) atoms. The Morgan fingerprint density at radius 3 is 2.78 bits per heavy atom. The molecule has 1 aromatic rings. The molecule has 0 amide bonds. The summed E-state index contributed by atoms with van der Waals surface area (Å²) in [5.74, 6) is -1.10. The van der Waals surface area contributed by atoms with Crippen LogP contribution in [0.4, 0.5) is 4.39 Å². The lowest BCUT2D eigenvalue weighted by molar-refractivity contribution is -0.137. The van der Waals surface area contributed by atoms with Gasteiger partial charge in [-0.25, -0.2) is 4.39 Å². The quantitative estimate of drug-likeness (QED) is 0.872. The van der Waals surface area contributed by atoms with E-state index >= 15 is 0 Å². The standard InChI is InChI=1S/C13H15FO4/c14-10-3-1-9(2-4-10)7-13-17-8-11(18-13)5-6-12(15)16/h1-4,11,13H,5-8H2,(H,15,16). The van der Waals surface area contributed by atoms with E-state index in [4.69, 9.17) is 14.6 Å². The topological polar surface area (TPSA) is 55.8 Å². The summed E-state index contributed by atoms with van der Waals surface area (Å²) in [6.07, 6.45) is 0.553. The van der Waals surface area contributed by atoms with Crippen LogP contribution in [0.5, 0.6) is 0 Å². The fraction of sp³-hybridized carbons (Fsp3) is 0.462. The van der Waals surface area contributed by atoms with Crippen LogP contribution >= 0.6 is 0 Å². The molecule has 0 bridgehead atoms. The van der Waals surface area contributed by atoms with Gasteiger partial charge in [0, 0.05) is 12.8 Å². The molecule has 98 valence electrons. The number of carbonyl (C=O) groups is 1. The fourth-order valence-corrected chi connectivity index (χ4v) is 1.86. The Morgan fingerprint density at radius 2 is 2.11 bits per heavy atom. The van der Waals surface area contributed by atoms with Crippen molar-refractivity contribution < 1.29 is 23.8 Å². The van der Waals surface area contributed by atoms with Crippen LogP contribution in [0.2, 0.25) is 0 Å². The Labute approximate surface area is 104 Å². The molecule has 0 saturated carbocycles. The van der Waals surface area contributed by atoms with Crippen LogP contribution in [0.15, 0.2) is 24.3 Å². The van der Waals surface area contributed by atoms with Crippen molar-refractivity contribution in [1.82, 2.24) is 0 Å². The smallest absolute Gasteiger partial charge is 0.303 e. The molecule has 0 aliphatic carbocycles. The minimum Gasteiger partial charge on any atom is -0.481 e. The van der Waals surface area contributed by atoms with Gasteiger partial charge in [-0.05, 0) is 24.1 Å². The van der Waals surface area contributed by atoms with Crippen molar-refractivity contribution in [3.63, 3.8) is 0 Å². The molecule has 0 spiro atoms. The van der Waals surface area contributed by atoms with Crippen LogP contribution < -0.4 is 0 Å². The molecule has 1 aromatic carbocycles. The van der Waals surface area contributed by atoms with E-state index in [9.17, 15) is 9.18 Å². The molecule has 1 N–H and O–H groups in total. The van der Waals surface area contributed by atoms with Gasteiger partial charge in [0.15, 0.2) is 6.29 Å². The highest BCUT2D eigenvalue weighted by molar-refractivity contribution is 5.66. The Kier molecular flexibility index (Phi) is 4.28. The third kappa shape index (κ3) is 3.78. The van der Waals surface area contributed by atoms with E-state index in [1.165, 1.54) is 12.1 Å². The zero-order valence-corrected chi connectivity index (χ0v) is 9.84. The van der Waals surface area contributed by atoms with Crippen molar-refractivity contribution in [2.75, 3.05) is 6.61 Å². The Hall–Kier alpha value is -1.46. The average Bonchev–Trinajstić information content (AvgIpc) is 2.77. The predicted molar refractivity (Wildman–Crippen MR) is 61.6 cm³/mol. The maximum atomic E-state index is 12.7. The highest BCUT2D eigenvalue weighted by atomic mass is 19.1. The summed E-state index contributed by atoms with van der Waals surface area (Å²) < 4.78 is 23.7. The van der Waals surface area contributed by atoms with Gasteiger partial charge in [0.1, 0.15) is 5.82 Å². The SMILES string of the molecule is O=C(O)CCC1COC(Cc2ccc(F)cc2)O1. The van der Waals surface area contributed by atoms with Crippen molar-refractivity contribution in [3.05, 3.63) is 35.6 Å². The Morgan fingerprint density at radius 1 is 1.39 bits per heavy atom. The summed E-state index contributed by atoms with van der Waals surface area (Å²) in [7, 11) is 0. The van der Waals surface area contributed by atoms with Crippen LogP contribution in [0.25, 0.3) is 0 Å². The average molecular weight is 254 g/mol. The second-order valence-corrected chi connectivity index (χ2v) is 4.28. The summed E-state index contributed by atoms with van der Waals surface area (Å²) in [6, 6.07) is 6.16. The van der Waals surface area contributed by atoms with Gasteiger partial charge in [0.25, 0.3) is 0 Å². The minimum atomic E-state index is -0.833. The molecule has 1 heterocycles. The molecule has 1 aliphatic heterocycles. The monoisotopic (exact) mass is 254 g/mol. The van der Waals surface area contributed by atoms with Crippen LogP contribution in [0.1, 0.15) is 18.4 Å². The maximum Gasteiger partial charge on any atom is 0.303 e. The fourth-order valence-electron chi connectivity index (χ4n) is 1.86. The first-order valence-corrected chi connectivity index (χ1v) is 5.87. The molecule has 2 rings (SSSR count). The Balaban J connectivity index is 1.78. The number of aliphatic carboxylic acids is 1. The van der Waals surface area contributed by atoms with E-state index in [1.807, 2.05) is 0 Å². The van der Waals surface area contributed by atoms with E-state index in [2.05, 4.69) is 0 Å². The summed E-state index contributed by atoms with van der Waals surface area (Å²) in [5.41, 5.74) is 0.931. The van der Waals surface area contributed by atoms with Crippen LogP contribution in [-0.4, -0.2) is 30.1 Å². The third-order valence-electron chi connectivity index (χ3n) is 2.81. The van der Waals surface area contributed by atoms with Gasteiger partial charge in [-0.2, -0.15) is 0 Å². The van der Waals surface area contributed by atoms with E-state index in [-0.39, 0.29) is 24.6 Å². The molecule has 4 nitrogen and oxygen atoms in total. The van der Waals surface area contributed by atoms with Crippen molar-refractivity contribution in [2.45, 2.75) is 31.7 Å². The lowest BCUT2D eigenvalue weighted by Gasteiger charge is -2.10. The second kappa shape index (κ2) is 5.93. The molecule has 1 saturated heterocycles. The highest BCUT2D eigenvalue weighted by Gasteiger charge is 2.26. The molecular formula is C13H15FO4. The zero-order chi connectivity index (χ0) is 13.0. The maximum absolute atomic E-state index is 12.7. The van der Waals surface area contributed by atoms with E-state index in [0.29, 0.717) is 19.4 Å². The largest absolute Gasteiger partial charge is 0.481 e.